The second kappa shape index (κ2) is 7.49. The van der Waals surface area contributed by atoms with Crippen molar-refractivity contribution in [3.05, 3.63) is 33.8 Å². The molecule has 1 aromatic carbocycles. The van der Waals surface area contributed by atoms with E-state index in [9.17, 15) is 0 Å². The fraction of sp³-hybridized carbons (Fsp3) is 0.600. The maximum Gasteiger partial charge on any atom is 0.0807 e. The first-order chi connectivity index (χ1) is 8.96. The number of halogens is 2. The molecule has 1 rings (SSSR count). The summed E-state index contributed by atoms with van der Waals surface area (Å²) in [5.74, 6) is 0. The van der Waals surface area contributed by atoms with Crippen LogP contribution in [0.15, 0.2) is 18.2 Å². The van der Waals surface area contributed by atoms with Gasteiger partial charge >= 0.3 is 0 Å². The summed E-state index contributed by atoms with van der Waals surface area (Å²) in [7, 11) is 1.95. The highest BCUT2D eigenvalue weighted by Crippen LogP contribution is 2.27. The standard InChI is InChI=1S/C15H23Cl2NO/c1-5-15(3,19-6-2)14(18-4)10-11-9-12(16)7-8-13(11)17/h7-9,14,18H,5-6,10H2,1-4H3. The molecule has 1 aromatic rings. The van der Waals surface area contributed by atoms with Crippen LogP contribution in [0, 0.1) is 0 Å². The Morgan fingerprint density at radius 1 is 1.32 bits per heavy atom. The van der Waals surface area contributed by atoms with Crippen LogP contribution in [0.3, 0.4) is 0 Å². The van der Waals surface area contributed by atoms with Gasteiger partial charge in [-0.15, -0.1) is 0 Å². The summed E-state index contributed by atoms with van der Waals surface area (Å²) in [5.41, 5.74) is 0.836. The van der Waals surface area contributed by atoms with Crippen LogP contribution < -0.4 is 5.32 Å². The second-order valence-corrected chi connectivity index (χ2v) is 5.72. The Kier molecular flexibility index (Phi) is 6.61. The van der Waals surface area contributed by atoms with Gasteiger partial charge in [-0.2, -0.15) is 0 Å². The summed E-state index contributed by atoms with van der Waals surface area (Å²) in [6, 6.07) is 5.77. The van der Waals surface area contributed by atoms with Crippen molar-refractivity contribution in [2.24, 2.45) is 0 Å². The molecule has 2 atom stereocenters. The van der Waals surface area contributed by atoms with Crippen molar-refractivity contribution in [3.63, 3.8) is 0 Å². The van der Waals surface area contributed by atoms with E-state index >= 15 is 0 Å². The number of rotatable bonds is 7. The van der Waals surface area contributed by atoms with Gasteiger partial charge in [0.25, 0.3) is 0 Å². The minimum Gasteiger partial charge on any atom is -0.374 e. The number of ether oxygens (including phenoxy) is 1. The third-order valence-corrected chi connectivity index (χ3v) is 4.30. The molecule has 0 aromatic heterocycles. The van der Waals surface area contributed by atoms with Crippen LogP contribution in [0.4, 0.5) is 0 Å². The van der Waals surface area contributed by atoms with E-state index in [1.807, 2.05) is 32.2 Å². The van der Waals surface area contributed by atoms with Gasteiger partial charge in [0, 0.05) is 22.7 Å². The quantitative estimate of drug-likeness (QED) is 0.809. The lowest BCUT2D eigenvalue weighted by molar-refractivity contribution is -0.0534. The highest BCUT2D eigenvalue weighted by atomic mass is 35.5. The fourth-order valence-electron chi connectivity index (χ4n) is 2.32. The number of hydrogen-bond donors (Lipinski definition) is 1. The van der Waals surface area contributed by atoms with Gasteiger partial charge in [-0.3, -0.25) is 0 Å². The minimum absolute atomic E-state index is 0.188. The molecule has 19 heavy (non-hydrogen) atoms. The van der Waals surface area contributed by atoms with E-state index in [0.29, 0.717) is 11.6 Å². The van der Waals surface area contributed by atoms with Gasteiger partial charge in [0.05, 0.1) is 5.60 Å². The van der Waals surface area contributed by atoms with Crippen molar-refractivity contribution in [2.45, 2.75) is 45.3 Å². The topological polar surface area (TPSA) is 21.3 Å². The lowest BCUT2D eigenvalue weighted by atomic mass is 9.88. The summed E-state index contributed by atoms with van der Waals surface area (Å²) in [6.07, 6.45) is 1.73. The van der Waals surface area contributed by atoms with E-state index in [1.165, 1.54) is 0 Å². The third kappa shape index (κ3) is 4.35. The molecule has 0 aliphatic rings. The molecule has 108 valence electrons. The molecule has 2 unspecified atom stereocenters. The molecule has 0 saturated heterocycles. The van der Waals surface area contributed by atoms with E-state index in [4.69, 9.17) is 27.9 Å². The van der Waals surface area contributed by atoms with Crippen LogP contribution in [-0.4, -0.2) is 25.3 Å². The molecule has 0 bridgehead atoms. The lowest BCUT2D eigenvalue weighted by Gasteiger charge is -2.37. The normalized spacial score (nSPS) is 16.1. The molecule has 0 spiro atoms. The summed E-state index contributed by atoms with van der Waals surface area (Å²) >= 11 is 12.3. The molecule has 0 fully saturated rings. The zero-order valence-corrected chi connectivity index (χ0v) is 13.6. The average molecular weight is 304 g/mol. The smallest absolute Gasteiger partial charge is 0.0807 e. The molecular weight excluding hydrogens is 281 g/mol. The predicted molar refractivity (Wildman–Crippen MR) is 83.3 cm³/mol. The van der Waals surface area contributed by atoms with Crippen molar-refractivity contribution in [3.8, 4) is 0 Å². The number of hydrogen-bond acceptors (Lipinski definition) is 2. The summed E-state index contributed by atoms with van der Waals surface area (Å²) in [5, 5.41) is 4.81. The van der Waals surface area contributed by atoms with Crippen LogP contribution in [-0.2, 0) is 11.2 Å². The fourth-order valence-corrected chi connectivity index (χ4v) is 2.71. The highest BCUT2D eigenvalue weighted by molar-refractivity contribution is 6.33. The Morgan fingerprint density at radius 2 is 2.00 bits per heavy atom. The lowest BCUT2D eigenvalue weighted by Crippen LogP contribution is -2.50. The van der Waals surface area contributed by atoms with Crippen molar-refractivity contribution >= 4 is 23.2 Å². The van der Waals surface area contributed by atoms with Gasteiger partial charge in [-0.25, -0.2) is 0 Å². The number of likely N-dealkylation sites (N-methyl/N-ethyl adjacent to an activating group) is 1. The molecule has 0 saturated carbocycles. The van der Waals surface area contributed by atoms with Crippen molar-refractivity contribution in [1.82, 2.24) is 5.32 Å². The zero-order chi connectivity index (χ0) is 14.5. The van der Waals surface area contributed by atoms with Crippen molar-refractivity contribution < 1.29 is 4.74 Å². The third-order valence-electron chi connectivity index (χ3n) is 3.69. The van der Waals surface area contributed by atoms with E-state index in [-0.39, 0.29) is 11.6 Å². The molecule has 0 heterocycles. The van der Waals surface area contributed by atoms with Gasteiger partial charge in [0.1, 0.15) is 0 Å². The van der Waals surface area contributed by atoms with Crippen molar-refractivity contribution in [2.75, 3.05) is 13.7 Å². The molecular formula is C15H23Cl2NO. The molecule has 0 aliphatic heterocycles. The Balaban J connectivity index is 2.95. The number of nitrogens with one attached hydrogen (secondary N) is 1. The van der Waals surface area contributed by atoms with Crippen LogP contribution >= 0.6 is 23.2 Å². The average Bonchev–Trinajstić information content (AvgIpc) is 2.39. The Morgan fingerprint density at radius 3 is 2.53 bits per heavy atom. The van der Waals surface area contributed by atoms with Gasteiger partial charge in [-0.1, -0.05) is 30.1 Å². The predicted octanol–water partition coefficient (Wildman–Crippen LogP) is 4.33. The molecule has 4 heteroatoms. The molecule has 1 N–H and O–H groups in total. The first-order valence-corrected chi connectivity index (χ1v) is 7.47. The number of benzene rings is 1. The van der Waals surface area contributed by atoms with Crippen LogP contribution in [0.1, 0.15) is 32.8 Å². The van der Waals surface area contributed by atoms with E-state index < -0.39 is 0 Å². The maximum absolute atomic E-state index is 6.24. The second-order valence-electron chi connectivity index (χ2n) is 4.88. The zero-order valence-electron chi connectivity index (χ0n) is 12.1. The molecule has 0 aliphatic carbocycles. The van der Waals surface area contributed by atoms with E-state index in [1.54, 1.807) is 0 Å². The van der Waals surface area contributed by atoms with Crippen molar-refractivity contribution in [1.29, 1.82) is 0 Å². The summed E-state index contributed by atoms with van der Waals surface area (Å²) in [4.78, 5) is 0. The van der Waals surface area contributed by atoms with Gasteiger partial charge < -0.3 is 10.1 Å². The SMILES string of the molecule is CCOC(C)(CC)C(Cc1cc(Cl)ccc1Cl)NC. The van der Waals surface area contributed by atoms with Crippen LogP contribution in [0.25, 0.3) is 0 Å². The monoisotopic (exact) mass is 303 g/mol. The van der Waals surface area contributed by atoms with Gasteiger partial charge in [0.15, 0.2) is 0 Å². The van der Waals surface area contributed by atoms with Crippen LogP contribution in [0.5, 0.6) is 0 Å². The Labute approximate surface area is 126 Å². The summed E-state index contributed by atoms with van der Waals surface area (Å²) in [6.45, 7) is 6.99. The van der Waals surface area contributed by atoms with Crippen LogP contribution in [0.2, 0.25) is 10.0 Å². The Hall–Kier alpha value is -0.280. The molecule has 2 nitrogen and oxygen atoms in total. The maximum atomic E-state index is 6.24. The highest BCUT2D eigenvalue weighted by Gasteiger charge is 2.32. The molecule has 0 radical (unpaired) electrons. The van der Waals surface area contributed by atoms with E-state index in [0.717, 1.165) is 23.4 Å². The van der Waals surface area contributed by atoms with Gasteiger partial charge in [-0.05, 0) is 57.5 Å². The Bertz CT molecular complexity index is 411. The minimum atomic E-state index is -0.213. The summed E-state index contributed by atoms with van der Waals surface area (Å²) < 4.78 is 5.94. The first kappa shape index (κ1) is 16.8. The van der Waals surface area contributed by atoms with E-state index in [2.05, 4.69) is 19.2 Å². The molecule has 0 amide bonds. The largest absolute Gasteiger partial charge is 0.374 e. The van der Waals surface area contributed by atoms with Gasteiger partial charge in [0.2, 0.25) is 0 Å². The first-order valence-electron chi connectivity index (χ1n) is 6.72.